The molecule has 0 spiro atoms. The third kappa shape index (κ3) is 37.9. The van der Waals surface area contributed by atoms with Crippen molar-refractivity contribution in [2.75, 3.05) is 27.7 Å². The molecule has 0 atom stereocenters. The number of halogens is 2. The van der Waals surface area contributed by atoms with Crippen LogP contribution in [0.3, 0.4) is 0 Å². The topological polar surface area (TPSA) is 3.88 Å². The summed E-state index contributed by atoms with van der Waals surface area (Å²) in [5.74, 6) is 0. The molecule has 0 saturated heterocycles. The van der Waals surface area contributed by atoms with Gasteiger partial charge < -0.3 is 33.9 Å². The first-order chi connectivity index (χ1) is 18.5. The minimum Gasteiger partial charge on any atom is -1.00 e. The molecule has 40 heavy (non-hydrogen) atoms. The summed E-state index contributed by atoms with van der Waals surface area (Å²) in [4.78, 5) is 0. The number of rotatable bonds is 26. The van der Waals surface area contributed by atoms with Crippen molar-refractivity contribution in [3.05, 3.63) is 30.6 Å². The van der Waals surface area contributed by atoms with Gasteiger partial charge in [-0.1, -0.05) is 148 Å². The van der Waals surface area contributed by atoms with Crippen LogP contribution in [0.15, 0.2) is 30.6 Å². The van der Waals surface area contributed by atoms with Gasteiger partial charge in [-0.3, -0.25) is 0 Å². The quantitative estimate of drug-likeness (QED) is 0.0751. The van der Waals surface area contributed by atoms with Crippen molar-refractivity contribution in [1.29, 1.82) is 0 Å². The lowest BCUT2D eigenvalue weighted by Crippen LogP contribution is -3.00. The lowest BCUT2D eigenvalue weighted by molar-refractivity contribution is -0.870. The van der Waals surface area contributed by atoms with Gasteiger partial charge >= 0.3 is 0 Å². The van der Waals surface area contributed by atoms with E-state index in [4.69, 9.17) is 0 Å². The van der Waals surface area contributed by atoms with E-state index in [0.717, 1.165) is 4.48 Å². The fourth-order valence-electron chi connectivity index (χ4n) is 5.15. The zero-order chi connectivity index (χ0) is 28.0. The second-order valence-corrected chi connectivity index (χ2v) is 12.9. The zero-order valence-corrected chi connectivity index (χ0v) is 30.3. The Kier molecular flexibility index (Phi) is 38.9. The summed E-state index contributed by atoms with van der Waals surface area (Å²) >= 11 is 0. The lowest BCUT2D eigenvalue weighted by atomic mass is 10.0. The van der Waals surface area contributed by atoms with Crippen LogP contribution in [-0.2, 0) is 6.54 Å². The van der Waals surface area contributed by atoms with E-state index in [1.165, 1.54) is 167 Å². The van der Waals surface area contributed by atoms with E-state index in [1.54, 1.807) is 0 Å². The predicted molar refractivity (Wildman–Crippen MR) is 172 cm³/mol. The third-order valence-corrected chi connectivity index (χ3v) is 7.73. The van der Waals surface area contributed by atoms with E-state index >= 15 is 0 Å². The lowest BCUT2D eigenvalue weighted by Gasteiger charge is -2.23. The number of hydrogen-bond donors (Lipinski definition) is 0. The van der Waals surface area contributed by atoms with Crippen molar-refractivity contribution in [3.8, 4) is 0 Å². The maximum Gasteiger partial charge on any atom is 0.168 e. The van der Waals surface area contributed by atoms with Gasteiger partial charge in [-0.05, 0) is 19.3 Å². The molecular weight excluding hydrogens is 576 g/mol. The highest BCUT2D eigenvalue weighted by atomic mass is 79.9. The molecule has 0 aromatic carbocycles. The first kappa shape index (κ1) is 44.3. The third-order valence-electron chi connectivity index (χ3n) is 7.73. The van der Waals surface area contributed by atoms with Gasteiger partial charge in [0.25, 0.3) is 0 Å². The summed E-state index contributed by atoms with van der Waals surface area (Å²) in [7, 11) is 6.88. The van der Waals surface area contributed by atoms with Crippen LogP contribution in [0.2, 0.25) is 0 Å². The molecule has 2 nitrogen and oxygen atoms in total. The number of pyridine rings is 1. The summed E-state index contributed by atoms with van der Waals surface area (Å²) in [5, 5.41) is 0. The largest absolute Gasteiger partial charge is 1.00 e. The van der Waals surface area contributed by atoms with Crippen LogP contribution in [0.25, 0.3) is 0 Å². The van der Waals surface area contributed by atoms with Gasteiger partial charge in [0.15, 0.2) is 12.4 Å². The van der Waals surface area contributed by atoms with Crippen molar-refractivity contribution in [2.24, 2.45) is 0 Å². The van der Waals surface area contributed by atoms with Gasteiger partial charge in [-0.2, -0.15) is 0 Å². The molecule has 0 fully saturated rings. The van der Waals surface area contributed by atoms with Crippen molar-refractivity contribution in [1.82, 2.24) is 0 Å². The van der Waals surface area contributed by atoms with E-state index < -0.39 is 0 Å². The number of aryl methyl sites for hydroxylation is 1. The van der Waals surface area contributed by atoms with E-state index in [9.17, 15) is 0 Å². The Morgan fingerprint density at radius 1 is 0.425 bits per heavy atom. The summed E-state index contributed by atoms with van der Waals surface area (Å²) < 4.78 is 3.41. The second-order valence-electron chi connectivity index (χ2n) is 12.9. The molecule has 1 heterocycles. The number of nitrogens with zero attached hydrogens (tertiary/aromatic N) is 2. The summed E-state index contributed by atoms with van der Waals surface area (Å²) in [5.41, 5.74) is 0. The summed E-state index contributed by atoms with van der Waals surface area (Å²) in [6.07, 6.45) is 38.8. The molecular formula is C36H72BrClN2. The van der Waals surface area contributed by atoms with Crippen LogP contribution in [0, 0.1) is 0 Å². The van der Waals surface area contributed by atoms with Crippen LogP contribution in [0.4, 0.5) is 0 Å². The van der Waals surface area contributed by atoms with Crippen molar-refractivity contribution in [2.45, 2.75) is 174 Å². The average Bonchev–Trinajstić information content (AvgIpc) is 2.90. The summed E-state index contributed by atoms with van der Waals surface area (Å²) in [6.45, 7) is 7.09. The van der Waals surface area contributed by atoms with Crippen molar-refractivity contribution >= 4 is 0 Å². The van der Waals surface area contributed by atoms with Gasteiger partial charge in [0.2, 0.25) is 0 Å². The van der Waals surface area contributed by atoms with Crippen LogP contribution >= 0.6 is 0 Å². The Hall–Kier alpha value is -0.120. The highest BCUT2D eigenvalue weighted by molar-refractivity contribution is 4.83. The van der Waals surface area contributed by atoms with E-state index in [2.05, 4.69) is 70.2 Å². The Labute approximate surface area is 270 Å². The number of unbranched alkanes of at least 4 members (excludes halogenated alkanes) is 22. The average molecular weight is 648 g/mol. The standard InChI is InChI=1S/C19H42N.C17H30N.BrH.ClH/c1-5-6-7-8-9-10-11-12-13-14-15-16-17-18-19-20(2,3)4;1-2-3-4-5-6-7-8-9-10-12-15-18-16-13-11-14-17-18;;/h5-19H2,1-4H3;11,13-14,16-17H,2-10,12,15H2,1H3;2*1H/q2*+1;;/p-2. The Balaban J connectivity index is -0.000000654. The molecule has 0 aliphatic rings. The fraction of sp³-hybridized carbons (Fsp3) is 0.861. The maximum atomic E-state index is 2.29. The molecule has 4 heteroatoms. The minimum absolute atomic E-state index is 0. The zero-order valence-electron chi connectivity index (χ0n) is 27.9. The normalized spacial score (nSPS) is 10.8. The molecule has 240 valence electrons. The second kappa shape index (κ2) is 35.1. The molecule has 0 aliphatic heterocycles. The Bertz CT molecular complexity index is 562. The van der Waals surface area contributed by atoms with Crippen LogP contribution < -0.4 is 34.0 Å². The first-order valence-electron chi connectivity index (χ1n) is 17.2. The van der Waals surface area contributed by atoms with Crippen LogP contribution in [0.1, 0.15) is 168 Å². The van der Waals surface area contributed by atoms with Crippen LogP contribution in [0.5, 0.6) is 0 Å². The molecule has 0 amide bonds. The minimum atomic E-state index is 0. The summed E-state index contributed by atoms with van der Waals surface area (Å²) in [6, 6.07) is 6.29. The molecule has 0 radical (unpaired) electrons. The molecule has 1 aromatic rings. The van der Waals surface area contributed by atoms with Crippen molar-refractivity contribution < 1.29 is 38.4 Å². The predicted octanol–water partition coefficient (Wildman–Crippen LogP) is 5.08. The molecule has 1 rings (SSSR count). The van der Waals surface area contributed by atoms with Crippen LogP contribution in [-0.4, -0.2) is 32.2 Å². The van der Waals surface area contributed by atoms with E-state index in [-0.39, 0.29) is 29.4 Å². The smallest absolute Gasteiger partial charge is 0.168 e. The first-order valence-corrected chi connectivity index (χ1v) is 17.2. The fourth-order valence-corrected chi connectivity index (χ4v) is 5.15. The number of hydrogen-bond acceptors (Lipinski definition) is 0. The van der Waals surface area contributed by atoms with Gasteiger partial charge in [-0.15, -0.1) is 0 Å². The number of quaternary nitrogens is 1. The Morgan fingerprint density at radius 2 is 0.725 bits per heavy atom. The molecule has 0 aliphatic carbocycles. The maximum absolute atomic E-state index is 2.29. The molecule has 0 bridgehead atoms. The molecule has 0 N–H and O–H groups in total. The molecule has 0 unspecified atom stereocenters. The monoisotopic (exact) mass is 646 g/mol. The van der Waals surface area contributed by atoms with Gasteiger partial charge in [0, 0.05) is 18.6 Å². The van der Waals surface area contributed by atoms with Crippen molar-refractivity contribution in [3.63, 3.8) is 0 Å². The Morgan fingerprint density at radius 3 is 1.05 bits per heavy atom. The van der Waals surface area contributed by atoms with Gasteiger partial charge in [0.1, 0.15) is 6.54 Å². The van der Waals surface area contributed by atoms with E-state index in [1.807, 2.05) is 0 Å². The molecule has 0 saturated carbocycles. The van der Waals surface area contributed by atoms with Gasteiger partial charge in [0.05, 0.1) is 27.7 Å². The molecule has 1 aromatic heterocycles. The highest BCUT2D eigenvalue weighted by Gasteiger charge is 2.05. The van der Waals surface area contributed by atoms with E-state index in [0.29, 0.717) is 0 Å². The SMILES string of the molecule is CCCCCCCCCCCCCCCC[N+](C)(C)C.CCCCCCCCCCCC[n+]1ccccc1.[Br-].[Cl-]. The number of aromatic nitrogens is 1. The van der Waals surface area contributed by atoms with Gasteiger partial charge in [-0.25, -0.2) is 4.57 Å². The highest BCUT2D eigenvalue weighted by Crippen LogP contribution is 2.13.